The molecule has 1 fully saturated rings. The number of benzene rings is 1. The molecule has 0 bridgehead atoms. The van der Waals surface area contributed by atoms with Crippen LogP contribution in [0, 0.1) is 11.8 Å². The first-order chi connectivity index (χ1) is 14.5. The summed E-state index contributed by atoms with van der Waals surface area (Å²) >= 11 is 0. The molecule has 4 rings (SSSR count). The van der Waals surface area contributed by atoms with E-state index in [4.69, 9.17) is 9.47 Å². The number of Topliss-reactive ketones (excluding diaryl/α,β-unsaturated/α-hetero) is 1. The van der Waals surface area contributed by atoms with E-state index in [1.54, 1.807) is 0 Å². The van der Waals surface area contributed by atoms with Crippen molar-refractivity contribution in [1.29, 1.82) is 0 Å². The van der Waals surface area contributed by atoms with Gasteiger partial charge in [-0.3, -0.25) is 9.59 Å². The molecular weight excluding hydrogens is 378 g/mol. The minimum Gasteiger partial charge on any atom is -0.494 e. The number of unbranched alkanes of at least 4 members (excludes halogenated alkanes) is 1. The standard InChI is InChI=1S/C25H33NO4/c1-4-6-14-29-18-10-8-17(9-11-18)22-21-23(27)19-15-16(3)7-12-20(19)30-24(21)25(28)26(22)13-5-2/h8-11,16,19-20,22H,4-7,12-15H2,1-3H3. The first kappa shape index (κ1) is 21.0. The van der Waals surface area contributed by atoms with E-state index in [9.17, 15) is 9.59 Å². The van der Waals surface area contributed by atoms with Crippen LogP contribution in [0.15, 0.2) is 35.6 Å². The van der Waals surface area contributed by atoms with Crippen molar-refractivity contribution in [3.63, 3.8) is 0 Å². The van der Waals surface area contributed by atoms with Crippen molar-refractivity contribution < 1.29 is 19.1 Å². The molecule has 1 aromatic carbocycles. The molecule has 0 aromatic heterocycles. The second kappa shape index (κ2) is 8.83. The molecule has 2 aliphatic heterocycles. The number of ether oxygens (including phenoxy) is 2. The van der Waals surface area contributed by atoms with Crippen LogP contribution in [0.2, 0.25) is 0 Å². The maximum atomic E-state index is 13.6. The number of rotatable bonds is 7. The molecule has 0 spiro atoms. The third-order valence-electron chi connectivity index (χ3n) is 6.63. The third-order valence-corrected chi connectivity index (χ3v) is 6.63. The van der Waals surface area contributed by atoms with Crippen molar-refractivity contribution in [2.75, 3.05) is 13.2 Å². The maximum absolute atomic E-state index is 13.6. The molecule has 1 aliphatic carbocycles. The van der Waals surface area contributed by atoms with Crippen LogP contribution in [0.25, 0.3) is 0 Å². The Morgan fingerprint density at radius 3 is 2.57 bits per heavy atom. The van der Waals surface area contributed by atoms with E-state index < -0.39 is 0 Å². The SMILES string of the molecule is CCCCOc1ccc(C2C3=C(OC4CCC(C)CC4C3=O)C(=O)N2CCC)cc1. The molecule has 4 unspecified atom stereocenters. The van der Waals surface area contributed by atoms with Gasteiger partial charge in [0.1, 0.15) is 11.9 Å². The Balaban J connectivity index is 1.65. The molecule has 1 aromatic rings. The topological polar surface area (TPSA) is 55.8 Å². The Morgan fingerprint density at radius 1 is 1.10 bits per heavy atom. The normalized spacial score (nSPS) is 28.3. The number of nitrogens with zero attached hydrogens (tertiary/aromatic N) is 1. The Hall–Kier alpha value is -2.30. The van der Waals surface area contributed by atoms with Gasteiger partial charge in [-0.15, -0.1) is 0 Å². The van der Waals surface area contributed by atoms with Gasteiger partial charge in [0, 0.05) is 6.54 Å². The summed E-state index contributed by atoms with van der Waals surface area (Å²) in [5.41, 5.74) is 1.52. The Kier molecular flexibility index (Phi) is 6.16. The largest absolute Gasteiger partial charge is 0.494 e. The van der Waals surface area contributed by atoms with E-state index in [0.717, 1.165) is 49.8 Å². The summed E-state index contributed by atoms with van der Waals surface area (Å²) in [7, 11) is 0. The van der Waals surface area contributed by atoms with Crippen molar-refractivity contribution in [3.05, 3.63) is 41.2 Å². The van der Waals surface area contributed by atoms with Gasteiger partial charge in [0.15, 0.2) is 11.5 Å². The zero-order valence-electron chi connectivity index (χ0n) is 18.4. The fourth-order valence-electron chi connectivity index (χ4n) is 5.02. The summed E-state index contributed by atoms with van der Waals surface area (Å²) in [5.74, 6) is 1.50. The highest BCUT2D eigenvalue weighted by Crippen LogP contribution is 2.47. The number of amides is 1. The van der Waals surface area contributed by atoms with Crippen LogP contribution in [0.5, 0.6) is 5.75 Å². The fourth-order valence-corrected chi connectivity index (χ4v) is 5.02. The van der Waals surface area contributed by atoms with Crippen LogP contribution in [-0.4, -0.2) is 35.8 Å². The molecule has 1 saturated carbocycles. The summed E-state index contributed by atoms with van der Waals surface area (Å²) in [6.45, 7) is 7.69. The van der Waals surface area contributed by atoms with Crippen LogP contribution < -0.4 is 4.74 Å². The number of hydrogen-bond acceptors (Lipinski definition) is 4. The van der Waals surface area contributed by atoms with Crippen molar-refractivity contribution in [2.24, 2.45) is 11.8 Å². The zero-order chi connectivity index (χ0) is 21.3. The molecule has 5 heteroatoms. The van der Waals surface area contributed by atoms with E-state index in [1.165, 1.54) is 0 Å². The van der Waals surface area contributed by atoms with Crippen molar-refractivity contribution in [3.8, 4) is 5.75 Å². The molecular formula is C25H33NO4. The summed E-state index contributed by atoms with van der Waals surface area (Å²) in [6, 6.07) is 7.50. The summed E-state index contributed by atoms with van der Waals surface area (Å²) < 4.78 is 12.0. The summed E-state index contributed by atoms with van der Waals surface area (Å²) in [6.07, 6.45) is 5.54. The van der Waals surface area contributed by atoms with Crippen LogP contribution in [0.1, 0.15) is 70.9 Å². The molecule has 2 heterocycles. The van der Waals surface area contributed by atoms with Gasteiger partial charge in [-0.05, 0) is 55.7 Å². The molecule has 162 valence electrons. The average Bonchev–Trinajstić information content (AvgIpc) is 3.02. The van der Waals surface area contributed by atoms with Crippen LogP contribution in [0.3, 0.4) is 0 Å². The lowest BCUT2D eigenvalue weighted by atomic mass is 9.74. The minimum absolute atomic E-state index is 0.119. The predicted octanol–water partition coefficient (Wildman–Crippen LogP) is 4.82. The van der Waals surface area contributed by atoms with E-state index >= 15 is 0 Å². The lowest BCUT2D eigenvalue weighted by Crippen LogP contribution is -2.41. The third kappa shape index (κ3) is 3.75. The molecule has 0 radical (unpaired) electrons. The molecule has 0 saturated heterocycles. The molecule has 30 heavy (non-hydrogen) atoms. The first-order valence-electron chi connectivity index (χ1n) is 11.5. The highest BCUT2D eigenvalue weighted by atomic mass is 16.5. The minimum atomic E-state index is -0.358. The molecule has 5 nitrogen and oxygen atoms in total. The number of hydrogen-bond donors (Lipinski definition) is 0. The number of carbonyl (C=O) groups is 2. The van der Waals surface area contributed by atoms with E-state index in [1.807, 2.05) is 29.2 Å². The lowest BCUT2D eigenvalue weighted by molar-refractivity contribution is -0.136. The van der Waals surface area contributed by atoms with Crippen LogP contribution >= 0.6 is 0 Å². The van der Waals surface area contributed by atoms with Gasteiger partial charge >= 0.3 is 0 Å². The number of fused-ring (bicyclic) bond motifs is 1. The van der Waals surface area contributed by atoms with Gasteiger partial charge in [-0.2, -0.15) is 0 Å². The number of carbonyl (C=O) groups excluding carboxylic acids is 2. The molecule has 4 atom stereocenters. The molecule has 3 aliphatic rings. The Morgan fingerprint density at radius 2 is 1.87 bits per heavy atom. The van der Waals surface area contributed by atoms with Gasteiger partial charge < -0.3 is 14.4 Å². The first-order valence-corrected chi connectivity index (χ1v) is 11.5. The number of ketones is 1. The van der Waals surface area contributed by atoms with Gasteiger partial charge in [0.2, 0.25) is 0 Å². The van der Waals surface area contributed by atoms with Crippen LogP contribution in [0.4, 0.5) is 0 Å². The lowest BCUT2D eigenvalue weighted by Gasteiger charge is -2.37. The smallest absolute Gasteiger partial charge is 0.290 e. The summed E-state index contributed by atoms with van der Waals surface area (Å²) in [5, 5.41) is 0. The van der Waals surface area contributed by atoms with Crippen molar-refractivity contribution >= 4 is 11.7 Å². The predicted molar refractivity (Wildman–Crippen MR) is 115 cm³/mol. The summed E-state index contributed by atoms with van der Waals surface area (Å²) in [4.78, 5) is 28.6. The van der Waals surface area contributed by atoms with Crippen molar-refractivity contribution in [2.45, 2.75) is 71.4 Å². The second-order valence-corrected chi connectivity index (χ2v) is 8.96. The van der Waals surface area contributed by atoms with Crippen LogP contribution in [-0.2, 0) is 14.3 Å². The van der Waals surface area contributed by atoms with E-state index in [-0.39, 0.29) is 29.8 Å². The van der Waals surface area contributed by atoms with Gasteiger partial charge in [-0.1, -0.05) is 39.3 Å². The monoisotopic (exact) mass is 411 g/mol. The average molecular weight is 412 g/mol. The highest BCUT2D eigenvalue weighted by Gasteiger charge is 2.52. The highest BCUT2D eigenvalue weighted by molar-refractivity contribution is 6.11. The molecule has 0 N–H and O–H groups in total. The van der Waals surface area contributed by atoms with Crippen molar-refractivity contribution in [1.82, 2.24) is 4.90 Å². The van der Waals surface area contributed by atoms with E-state index in [2.05, 4.69) is 20.8 Å². The van der Waals surface area contributed by atoms with E-state index in [0.29, 0.717) is 30.4 Å². The van der Waals surface area contributed by atoms with Gasteiger partial charge in [-0.25, -0.2) is 0 Å². The Labute approximate surface area is 179 Å². The Bertz CT molecular complexity index is 828. The quantitative estimate of drug-likeness (QED) is 0.604. The van der Waals surface area contributed by atoms with Gasteiger partial charge in [0.25, 0.3) is 5.91 Å². The zero-order valence-corrected chi connectivity index (χ0v) is 18.4. The molecule has 1 amide bonds. The maximum Gasteiger partial charge on any atom is 0.290 e. The van der Waals surface area contributed by atoms with Gasteiger partial charge in [0.05, 0.1) is 24.1 Å². The fraction of sp³-hybridized carbons (Fsp3) is 0.600. The second-order valence-electron chi connectivity index (χ2n) is 8.96.